The van der Waals surface area contributed by atoms with Crippen molar-refractivity contribution in [2.45, 2.75) is 12.3 Å². The van der Waals surface area contributed by atoms with Crippen molar-refractivity contribution in [2.75, 3.05) is 13.1 Å². The van der Waals surface area contributed by atoms with Gasteiger partial charge in [0.2, 0.25) is 5.91 Å². The average molecular weight is 222 g/mol. The molecular formula is C12H15FN2O. The summed E-state index contributed by atoms with van der Waals surface area (Å²) >= 11 is 0. The second-order valence-electron chi connectivity index (χ2n) is 4.25. The van der Waals surface area contributed by atoms with Crippen LogP contribution in [0.3, 0.4) is 0 Å². The highest BCUT2D eigenvalue weighted by Gasteiger charge is 2.26. The Morgan fingerprint density at radius 1 is 1.44 bits per heavy atom. The van der Waals surface area contributed by atoms with E-state index in [2.05, 4.69) is 5.32 Å². The van der Waals surface area contributed by atoms with Crippen molar-refractivity contribution < 1.29 is 9.18 Å². The molecule has 1 fully saturated rings. The van der Waals surface area contributed by atoms with E-state index in [1.54, 1.807) is 6.07 Å². The smallest absolute Gasteiger partial charge is 0.221 e. The first-order chi connectivity index (χ1) is 7.66. The summed E-state index contributed by atoms with van der Waals surface area (Å²) in [6.45, 7) is 1.40. The lowest BCUT2D eigenvalue weighted by atomic mass is 9.85. The molecule has 1 heterocycles. The number of carbonyl (C=O) groups is 1. The van der Waals surface area contributed by atoms with E-state index in [4.69, 9.17) is 5.73 Å². The standard InChI is InChI=1S/C12H15FN2O/c13-11-3-1-2-8(5-11)9-4-10(12(14)16)7-15-6-9/h1-3,5,9-10,15H,4,6-7H2,(H2,14,16)/t9-,10-/m0/s1. The number of nitrogens with two attached hydrogens (primary N) is 1. The topological polar surface area (TPSA) is 55.1 Å². The number of halogens is 1. The zero-order valence-corrected chi connectivity index (χ0v) is 8.95. The first-order valence-corrected chi connectivity index (χ1v) is 5.42. The quantitative estimate of drug-likeness (QED) is 0.784. The Labute approximate surface area is 93.8 Å². The third kappa shape index (κ3) is 2.39. The van der Waals surface area contributed by atoms with Gasteiger partial charge in [0, 0.05) is 13.1 Å². The minimum atomic E-state index is -0.284. The number of rotatable bonds is 2. The fourth-order valence-electron chi connectivity index (χ4n) is 2.17. The number of amides is 1. The molecule has 0 aliphatic carbocycles. The van der Waals surface area contributed by atoms with Crippen molar-refractivity contribution in [2.24, 2.45) is 11.7 Å². The van der Waals surface area contributed by atoms with E-state index in [-0.39, 0.29) is 23.6 Å². The van der Waals surface area contributed by atoms with Gasteiger partial charge in [0.05, 0.1) is 5.92 Å². The van der Waals surface area contributed by atoms with Gasteiger partial charge in [0.15, 0.2) is 0 Å². The molecule has 2 rings (SSSR count). The van der Waals surface area contributed by atoms with Gasteiger partial charge in [-0.25, -0.2) is 4.39 Å². The third-order valence-corrected chi connectivity index (χ3v) is 3.07. The van der Waals surface area contributed by atoms with Crippen LogP contribution in [-0.4, -0.2) is 19.0 Å². The monoisotopic (exact) mass is 222 g/mol. The van der Waals surface area contributed by atoms with Crippen LogP contribution in [0.5, 0.6) is 0 Å². The molecule has 4 heteroatoms. The van der Waals surface area contributed by atoms with Gasteiger partial charge >= 0.3 is 0 Å². The Balaban J connectivity index is 2.12. The second kappa shape index (κ2) is 4.61. The number of nitrogens with one attached hydrogen (secondary N) is 1. The predicted molar refractivity (Wildman–Crippen MR) is 59.3 cm³/mol. The van der Waals surface area contributed by atoms with E-state index in [1.165, 1.54) is 12.1 Å². The third-order valence-electron chi connectivity index (χ3n) is 3.07. The van der Waals surface area contributed by atoms with E-state index in [0.29, 0.717) is 13.0 Å². The number of carbonyl (C=O) groups excluding carboxylic acids is 1. The van der Waals surface area contributed by atoms with Crippen LogP contribution in [0.2, 0.25) is 0 Å². The highest BCUT2D eigenvalue weighted by atomic mass is 19.1. The Morgan fingerprint density at radius 3 is 2.94 bits per heavy atom. The van der Waals surface area contributed by atoms with Gasteiger partial charge < -0.3 is 11.1 Å². The van der Waals surface area contributed by atoms with Crippen molar-refractivity contribution in [3.05, 3.63) is 35.6 Å². The van der Waals surface area contributed by atoms with Crippen molar-refractivity contribution in [3.63, 3.8) is 0 Å². The van der Waals surface area contributed by atoms with Crippen molar-refractivity contribution in [1.29, 1.82) is 0 Å². The molecule has 1 saturated heterocycles. The molecule has 0 saturated carbocycles. The lowest BCUT2D eigenvalue weighted by Crippen LogP contribution is -2.41. The zero-order valence-electron chi connectivity index (χ0n) is 8.95. The molecule has 0 spiro atoms. The SMILES string of the molecule is NC(=O)[C@@H]1CNC[C@@H](c2cccc(F)c2)C1. The lowest BCUT2D eigenvalue weighted by Gasteiger charge is -2.28. The van der Waals surface area contributed by atoms with E-state index in [0.717, 1.165) is 12.1 Å². The van der Waals surface area contributed by atoms with Crippen LogP contribution >= 0.6 is 0 Å². The molecular weight excluding hydrogens is 207 g/mol. The molecule has 86 valence electrons. The van der Waals surface area contributed by atoms with Crippen LogP contribution in [0.15, 0.2) is 24.3 Å². The van der Waals surface area contributed by atoms with Gasteiger partial charge in [0.1, 0.15) is 5.82 Å². The van der Waals surface area contributed by atoms with E-state index >= 15 is 0 Å². The molecule has 3 nitrogen and oxygen atoms in total. The molecule has 1 aliphatic rings. The normalized spacial score (nSPS) is 25.3. The minimum Gasteiger partial charge on any atom is -0.369 e. The fourth-order valence-corrected chi connectivity index (χ4v) is 2.17. The summed E-state index contributed by atoms with van der Waals surface area (Å²) < 4.78 is 13.1. The number of piperidine rings is 1. The molecule has 0 aromatic heterocycles. The summed E-state index contributed by atoms with van der Waals surface area (Å²) in [6.07, 6.45) is 0.700. The summed E-state index contributed by atoms with van der Waals surface area (Å²) in [5.74, 6) is -0.503. The highest BCUT2D eigenvalue weighted by Crippen LogP contribution is 2.26. The van der Waals surface area contributed by atoms with Crippen LogP contribution in [0.4, 0.5) is 4.39 Å². The Hall–Kier alpha value is -1.42. The number of hydrogen-bond donors (Lipinski definition) is 2. The van der Waals surface area contributed by atoms with Gasteiger partial charge in [-0.2, -0.15) is 0 Å². The van der Waals surface area contributed by atoms with Gasteiger partial charge in [-0.1, -0.05) is 12.1 Å². The summed E-state index contributed by atoms with van der Waals surface area (Å²) in [6, 6.07) is 6.53. The summed E-state index contributed by atoms with van der Waals surface area (Å²) in [7, 11) is 0. The van der Waals surface area contributed by atoms with E-state index in [1.807, 2.05) is 6.07 Å². The molecule has 1 amide bonds. The highest BCUT2D eigenvalue weighted by molar-refractivity contribution is 5.77. The maximum Gasteiger partial charge on any atom is 0.221 e. The molecule has 0 bridgehead atoms. The van der Waals surface area contributed by atoms with Crippen molar-refractivity contribution in [3.8, 4) is 0 Å². The number of benzene rings is 1. The molecule has 16 heavy (non-hydrogen) atoms. The lowest BCUT2D eigenvalue weighted by molar-refractivity contribution is -0.122. The van der Waals surface area contributed by atoms with E-state index in [9.17, 15) is 9.18 Å². The van der Waals surface area contributed by atoms with Crippen LogP contribution in [0, 0.1) is 11.7 Å². The second-order valence-corrected chi connectivity index (χ2v) is 4.25. The van der Waals surface area contributed by atoms with Crippen molar-refractivity contribution in [1.82, 2.24) is 5.32 Å². The Morgan fingerprint density at radius 2 is 2.25 bits per heavy atom. The largest absolute Gasteiger partial charge is 0.369 e. The molecule has 0 radical (unpaired) electrons. The molecule has 1 aromatic rings. The van der Waals surface area contributed by atoms with Crippen molar-refractivity contribution >= 4 is 5.91 Å². The summed E-state index contributed by atoms with van der Waals surface area (Å²) in [5, 5.41) is 3.16. The van der Waals surface area contributed by atoms with Gasteiger partial charge in [0.25, 0.3) is 0 Å². The molecule has 3 N–H and O–H groups in total. The molecule has 1 aromatic carbocycles. The molecule has 1 aliphatic heterocycles. The molecule has 2 atom stereocenters. The maximum atomic E-state index is 13.1. The van der Waals surface area contributed by atoms with Crippen LogP contribution in [0.1, 0.15) is 17.9 Å². The van der Waals surface area contributed by atoms with Gasteiger partial charge in [-0.15, -0.1) is 0 Å². The van der Waals surface area contributed by atoms with Gasteiger partial charge in [-0.05, 0) is 30.0 Å². The van der Waals surface area contributed by atoms with Gasteiger partial charge in [-0.3, -0.25) is 4.79 Å². The minimum absolute atomic E-state index is 0.151. The Kier molecular flexibility index (Phi) is 3.19. The number of hydrogen-bond acceptors (Lipinski definition) is 2. The zero-order chi connectivity index (χ0) is 11.5. The predicted octanol–water partition coefficient (Wildman–Crippen LogP) is 1.00. The average Bonchev–Trinajstić information content (AvgIpc) is 2.29. The van der Waals surface area contributed by atoms with Crippen LogP contribution in [-0.2, 0) is 4.79 Å². The Bertz CT molecular complexity index is 394. The maximum absolute atomic E-state index is 13.1. The fraction of sp³-hybridized carbons (Fsp3) is 0.417. The molecule has 0 unspecified atom stereocenters. The van der Waals surface area contributed by atoms with Crippen LogP contribution in [0.25, 0.3) is 0 Å². The summed E-state index contributed by atoms with van der Waals surface area (Å²) in [4.78, 5) is 11.1. The first-order valence-electron chi connectivity index (χ1n) is 5.42. The number of primary amides is 1. The van der Waals surface area contributed by atoms with E-state index < -0.39 is 0 Å². The van der Waals surface area contributed by atoms with Crippen LogP contribution < -0.4 is 11.1 Å². The first kappa shape index (κ1) is 11.1. The summed E-state index contributed by atoms with van der Waals surface area (Å²) in [5.41, 5.74) is 6.21.